The second kappa shape index (κ2) is 6.19. The van der Waals surface area contributed by atoms with Gasteiger partial charge in [0, 0.05) is 25.2 Å². The summed E-state index contributed by atoms with van der Waals surface area (Å²) in [5.74, 6) is -0.437. The molecule has 0 radical (unpaired) electrons. The third-order valence-corrected chi connectivity index (χ3v) is 4.69. The van der Waals surface area contributed by atoms with Crippen LogP contribution in [0.3, 0.4) is 0 Å². The highest BCUT2D eigenvalue weighted by molar-refractivity contribution is 7.88. The van der Waals surface area contributed by atoms with Crippen molar-refractivity contribution in [3.05, 3.63) is 0 Å². The monoisotopic (exact) mass is 292 g/mol. The predicted molar refractivity (Wildman–Crippen MR) is 73.1 cm³/mol. The van der Waals surface area contributed by atoms with Crippen molar-refractivity contribution in [1.82, 2.24) is 9.62 Å². The predicted octanol–water partition coefficient (Wildman–Crippen LogP) is -0.0648. The molecule has 1 saturated heterocycles. The molecule has 7 heteroatoms. The maximum Gasteiger partial charge on any atom is 0.224 e. The van der Waals surface area contributed by atoms with Crippen molar-refractivity contribution in [3.8, 4) is 0 Å². The Morgan fingerprint density at radius 1 is 1.47 bits per heavy atom. The normalized spacial score (nSPS) is 22.2. The average molecular weight is 292 g/mol. The first kappa shape index (κ1) is 16.4. The maximum absolute atomic E-state index is 12.1. The summed E-state index contributed by atoms with van der Waals surface area (Å²) in [4.78, 5) is 12.1. The zero-order valence-corrected chi connectivity index (χ0v) is 12.7. The molecule has 1 rings (SSSR count). The fourth-order valence-corrected chi connectivity index (χ4v) is 3.15. The van der Waals surface area contributed by atoms with Crippen LogP contribution in [0.15, 0.2) is 0 Å². The van der Waals surface area contributed by atoms with Crippen LogP contribution in [0.2, 0.25) is 0 Å². The summed E-state index contributed by atoms with van der Waals surface area (Å²) in [6.07, 6.45) is 3.04. The van der Waals surface area contributed by atoms with Gasteiger partial charge in [0.05, 0.1) is 12.2 Å². The molecule has 0 aliphatic carbocycles. The highest BCUT2D eigenvalue weighted by Crippen LogP contribution is 2.20. The minimum Gasteiger partial charge on any atom is -0.396 e. The van der Waals surface area contributed by atoms with Gasteiger partial charge in [-0.05, 0) is 33.1 Å². The molecule has 2 N–H and O–H groups in total. The van der Waals surface area contributed by atoms with Crippen molar-refractivity contribution in [2.45, 2.75) is 38.6 Å². The van der Waals surface area contributed by atoms with Gasteiger partial charge in [-0.2, -0.15) is 0 Å². The van der Waals surface area contributed by atoms with Crippen molar-refractivity contribution in [2.75, 3.05) is 26.0 Å². The van der Waals surface area contributed by atoms with E-state index in [0.717, 1.165) is 0 Å². The highest BCUT2D eigenvalue weighted by atomic mass is 32.2. The van der Waals surface area contributed by atoms with Gasteiger partial charge in [0.1, 0.15) is 0 Å². The van der Waals surface area contributed by atoms with Crippen LogP contribution in [0.5, 0.6) is 0 Å². The van der Waals surface area contributed by atoms with Crippen LogP contribution in [0.1, 0.15) is 33.1 Å². The van der Waals surface area contributed by atoms with E-state index in [1.807, 2.05) is 13.8 Å². The summed E-state index contributed by atoms with van der Waals surface area (Å²) in [5.41, 5.74) is -0.473. The second-order valence-electron chi connectivity index (χ2n) is 5.81. The van der Waals surface area contributed by atoms with Crippen LogP contribution in [0, 0.1) is 5.92 Å². The number of hydrogen-bond donors (Lipinski definition) is 2. The summed E-state index contributed by atoms with van der Waals surface area (Å²) in [5, 5.41) is 11.8. The molecule has 6 nitrogen and oxygen atoms in total. The van der Waals surface area contributed by atoms with Crippen LogP contribution >= 0.6 is 0 Å². The zero-order valence-electron chi connectivity index (χ0n) is 11.8. The maximum atomic E-state index is 12.1. The zero-order chi connectivity index (χ0) is 14.7. The van der Waals surface area contributed by atoms with Crippen molar-refractivity contribution >= 4 is 15.9 Å². The summed E-state index contributed by atoms with van der Waals surface area (Å²) in [7, 11) is -3.23. The Labute approximate surface area is 115 Å². The second-order valence-corrected chi connectivity index (χ2v) is 7.79. The van der Waals surface area contributed by atoms with Crippen LogP contribution in [-0.4, -0.2) is 55.2 Å². The molecule has 0 aromatic heterocycles. The van der Waals surface area contributed by atoms with Crippen molar-refractivity contribution in [1.29, 1.82) is 0 Å². The quantitative estimate of drug-likeness (QED) is 0.743. The Morgan fingerprint density at radius 2 is 2.11 bits per heavy atom. The fourth-order valence-electron chi connectivity index (χ4n) is 2.24. The molecule has 0 aromatic carbocycles. The molecule has 1 heterocycles. The lowest BCUT2D eigenvalue weighted by Crippen LogP contribution is -2.51. The molecular formula is C12H24N2O4S. The Hall–Kier alpha value is -0.660. The molecule has 1 amide bonds. The van der Waals surface area contributed by atoms with Gasteiger partial charge in [0.25, 0.3) is 0 Å². The molecule has 1 fully saturated rings. The molecule has 112 valence electrons. The number of nitrogens with one attached hydrogen (secondary N) is 1. The third kappa shape index (κ3) is 5.08. The van der Waals surface area contributed by atoms with E-state index in [1.54, 1.807) is 0 Å². The van der Waals surface area contributed by atoms with E-state index in [2.05, 4.69) is 5.32 Å². The van der Waals surface area contributed by atoms with Gasteiger partial charge in [0.2, 0.25) is 15.9 Å². The molecule has 1 aliphatic rings. The van der Waals surface area contributed by atoms with E-state index >= 15 is 0 Å². The average Bonchev–Trinajstić information content (AvgIpc) is 2.27. The number of rotatable bonds is 5. The van der Waals surface area contributed by atoms with E-state index < -0.39 is 15.6 Å². The fraction of sp³-hybridized carbons (Fsp3) is 0.917. The molecule has 1 aliphatic heterocycles. The van der Waals surface area contributed by atoms with E-state index in [9.17, 15) is 13.2 Å². The lowest BCUT2D eigenvalue weighted by atomic mass is 9.95. The number of hydrogen-bond acceptors (Lipinski definition) is 4. The number of nitrogens with zero attached hydrogens (tertiary/aromatic N) is 1. The van der Waals surface area contributed by atoms with E-state index in [1.165, 1.54) is 10.6 Å². The van der Waals surface area contributed by atoms with Crippen LogP contribution < -0.4 is 5.32 Å². The van der Waals surface area contributed by atoms with Gasteiger partial charge in [0.15, 0.2) is 0 Å². The SMILES string of the molecule is CC(C)(CCO)NC(=O)C1CCCN(S(C)(=O)=O)C1. The van der Waals surface area contributed by atoms with Crippen LogP contribution in [0.25, 0.3) is 0 Å². The molecule has 1 atom stereocenters. The number of sulfonamides is 1. The highest BCUT2D eigenvalue weighted by Gasteiger charge is 2.32. The Morgan fingerprint density at radius 3 is 2.63 bits per heavy atom. The topological polar surface area (TPSA) is 86.7 Å². The minimum atomic E-state index is -3.23. The van der Waals surface area contributed by atoms with Gasteiger partial charge in [-0.25, -0.2) is 12.7 Å². The van der Waals surface area contributed by atoms with Gasteiger partial charge in [-0.1, -0.05) is 0 Å². The molecule has 0 aromatic rings. The van der Waals surface area contributed by atoms with Gasteiger partial charge in [-0.3, -0.25) is 4.79 Å². The van der Waals surface area contributed by atoms with Crippen LogP contribution in [0.4, 0.5) is 0 Å². The Bertz CT molecular complexity index is 419. The lowest BCUT2D eigenvalue weighted by Gasteiger charge is -2.33. The summed E-state index contributed by atoms with van der Waals surface area (Å²) >= 11 is 0. The standard InChI is InChI=1S/C12H24N2O4S/c1-12(2,6-8-15)13-11(16)10-5-4-7-14(9-10)19(3,17)18/h10,15H,4-9H2,1-3H3,(H,13,16). The van der Waals surface area contributed by atoms with E-state index in [0.29, 0.717) is 25.8 Å². The number of aliphatic hydroxyl groups is 1. The van der Waals surface area contributed by atoms with Gasteiger partial charge >= 0.3 is 0 Å². The molecule has 19 heavy (non-hydrogen) atoms. The molecule has 0 bridgehead atoms. The van der Waals surface area contributed by atoms with E-state index in [-0.39, 0.29) is 25.0 Å². The number of piperidine rings is 1. The van der Waals surface area contributed by atoms with E-state index in [4.69, 9.17) is 5.11 Å². The smallest absolute Gasteiger partial charge is 0.224 e. The Kier molecular flexibility index (Phi) is 5.34. The lowest BCUT2D eigenvalue weighted by molar-refractivity contribution is -0.127. The minimum absolute atomic E-state index is 0.00735. The third-order valence-electron chi connectivity index (χ3n) is 3.42. The Balaban J connectivity index is 2.63. The molecular weight excluding hydrogens is 268 g/mol. The molecule has 1 unspecified atom stereocenters. The first-order valence-corrected chi connectivity index (χ1v) is 8.38. The first-order chi connectivity index (χ1) is 8.65. The number of carbonyl (C=O) groups is 1. The van der Waals surface area contributed by atoms with Crippen molar-refractivity contribution < 1.29 is 18.3 Å². The number of carbonyl (C=O) groups excluding carboxylic acids is 1. The molecule has 0 spiro atoms. The number of aliphatic hydroxyl groups excluding tert-OH is 1. The summed E-state index contributed by atoms with van der Waals surface area (Å²) in [6.45, 7) is 4.44. The first-order valence-electron chi connectivity index (χ1n) is 6.54. The molecule has 0 saturated carbocycles. The van der Waals surface area contributed by atoms with Gasteiger partial charge in [-0.15, -0.1) is 0 Å². The number of amides is 1. The van der Waals surface area contributed by atoms with Crippen molar-refractivity contribution in [3.63, 3.8) is 0 Å². The summed E-state index contributed by atoms with van der Waals surface area (Å²) in [6, 6.07) is 0. The van der Waals surface area contributed by atoms with Crippen LogP contribution in [-0.2, 0) is 14.8 Å². The largest absolute Gasteiger partial charge is 0.396 e. The summed E-state index contributed by atoms with van der Waals surface area (Å²) < 4.78 is 24.4. The van der Waals surface area contributed by atoms with Gasteiger partial charge < -0.3 is 10.4 Å². The van der Waals surface area contributed by atoms with Crippen molar-refractivity contribution in [2.24, 2.45) is 5.92 Å².